The number of carbonyl (C=O) groups excluding carboxylic acids is 2. The molecule has 0 spiro atoms. The molecule has 1 fully saturated rings. The molecule has 0 atom stereocenters. The molecule has 0 aromatic rings. The van der Waals surface area contributed by atoms with Gasteiger partial charge in [-0.1, -0.05) is 0 Å². The Morgan fingerprint density at radius 3 is 1.41 bits per heavy atom. The Balaban J connectivity index is 3.17. The van der Waals surface area contributed by atoms with E-state index >= 15 is 0 Å². The summed E-state index contributed by atoms with van der Waals surface area (Å²) in [4.78, 5) is 53.1. The molecule has 17 heavy (non-hydrogen) atoms. The smallest absolute Gasteiger partial charge is 0.236 e. The molecule has 92 valence electrons. The lowest BCUT2D eigenvalue weighted by atomic mass is 10.6. The third kappa shape index (κ3) is 1.85. The standard InChI is InChI=1S/C3H2N6O8/c10-2-4(7(12)13)1-5(8(14)15)3(11)6(2)9(16)17/h1H2. The molecule has 14 heteroatoms. The number of nitro groups is 3. The van der Waals surface area contributed by atoms with E-state index in [0.717, 1.165) is 0 Å². The molecule has 1 saturated heterocycles. The van der Waals surface area contributed by atoms with E-state index in [1.165, 1.54) is 0 Å². The highest BCUT2D eigenvalue weighted by Crippen LogP contribution is 2.12. The van der Waals surface area contributed by atoms with Crippen LogP contribution in [-0.4, -0.2) is 48.9 Å². The van der Waals surface area contributed by atoms with Crippen LogP contribution in [0.1, 0.15) is 0 Å². The summed E-state index contributed by atoms with van der Waals surface area (Å²) in [5.41, 5.74) is 0. The van der Waals surface area contributed by atoms with Gasteiger partial charge in [-0.25, -0.2) is 39.9 Å². The van der Waals surface area contributed by atoms with Crippen molar-refractivity contribution in [3.8, 4) is 0 Å². The largest absolute Gasteiger partial charge is 0.448 e. The highest BCUT2D eigenvalue weighted by molar-refractivity contribution is 5.92. The molecule has 0 saturated carbocycles. The van der Waals surface area contributed by atoms with Crippen LogP contribution in [0.15, 0.2) is 0 Å². The first-order valence-corrected chi connectivity index (χ1v) is 3.63. The van der Waals surface area contributed by atoms with E-state index in [-0.39, 0.29) is 0 Å². The molecule has 1 rings (SSSR count). The molecule has 0 unspecified atom stereocenters. The summed E-state index contributed by atoms with van der Waals surface area (Å²) < 4.78 is 0. The minimum absolute atomic E-state index is 0.438. The predicted molar refractivity (Wildman–Crippen MR) is 42.2 cm³/mol. The number of nitrogens with zero attached hydrogens (tertiary/aromatic N) is 6. The van der Waals surface area contributed by atoms with Crippen molar-refractivity contribution in [3.63, 3.8) is 0 Å². The van der Waals surface area contributed by atoms with E-state index in [0.29, 0.717) is 0 Å². The molecule has 0 N–H and O–H groups in total. The first-order chi connectivity index (χ1) is 7.77. The average molecular weight is 250 g/mol. The molecule has 1 aliphatic rings. The van der Waals surface area contributed by atoms with Gasteiger partial charge in [-0.2, -0.15) is 0 Å². The van der Waals surface area contributed by atoms with Crippen molar-refractivity contribution in [2.75, 3.05) is 6.67 Å². The van der Waals surface area contributed by atoms with Gasteiger partial charge in [0.25, 0.3) is 0 Å². The summed E-state index contributed by atoms with van der Waals surface area (Å²) in [6.07, 6.45) is 0. The number of imide groups is 1. The Morgan fingerprint density at radius 2 is 1.18 bits per heavy atom. The van der Waals surface area contributed by atoms with Gasteiger partial charge in [0, 0.05) is 0 Å². The topological polar surface area (TPSA) is 173 Å². The van der Waals surface area contributed by atoms with Crippen LogP contribution in [0.4, 0.5) is 9.59 Å². The van der Waals surface area contributed by atoms with Crippen LogP contribution >= 0.6 is 0 Å². The van der Waals surface area contributed by atoms with Crippen LogP contribution in [0.25, 0.3) is 0 Å². The van der Waals surface area contributed by atoms with Crippen LogP contribution in [0, 0.1) is 30.3 Å². The minimum atomic E-state index is -1.89. The van der Waals surface area contributed by atoms with Gasteiger partial charge in [0.15, 0.2) is 15.1 Å². The fourth-order valence-corrected chi connectivity index (χ4v) is 0.931. The van der Waals surface area contributed by atoms with E-state index in [4.69, 9.17) is 0 Å². The zero-order chi connectivity index (χ0) is 13.3. The zero-order valence-electron chi connectivity index (χ0n) is 7.66. The van der Waals surface area contributed by atoms with Crippen LogP contribution in [-0.2, 0) is 0 Å². The molecule has 0 radical (unpaired) electrons. The van der Waals surface area contributed by atoms with Crippen molar-refractivity contribution in [1.82, 2.24) is 15.0 Å². The Bertz CT molecular complexity index is 399. The Labute approximate surface area is 89.9 Å². The van der Waals surface area contributed by atoms with Crippen LogP contribution in [0.2, 0.25) is 0 Å². The lowest BCUT2D eigenvalue weighted by molar-refractivity contribution is -0.713. The zero-order valence-corrected chi connectivity index (χ0v) is 7.66. The molecule has 0 aliphatic carbocycles. The van der Waals surface area contributed by atoms with Crippen molar-refractivity contribution < 1.29 is 24.7 Å². The first-order valence-electron chi connectivity index (χ1n) is 3.63. The maximum Gasteiger partial charge on any atom is 0.448 e. The summed E-state index contributed by atoms with van der Waals surface area (Å²) in [7, 11) is 0. The number of amides is 4. The van der Waals surface area contributed by atoms with Crippen LogP contribution in [0.5, 0.6) is 0 Å². The SMILES string of the molecule is O=C1N([N+](=O)[O-])CN([N+](=O)[O-])C(=O)N1[N+](=O)[O-]. The first kappa shape index (κ1) is 12.0. The van der Waals surface area contributed by atoms with Crippen molar-refractivity contribution in [2.45, 2.75) is 0 Å². The van der Waals surface area contributed by atoms with E-state index in [9.17, 15) is 39.9 Å². The second kappa shape index (κ2) is 3.83. The van der Waals surface area contributed by atoms with Gasteiger partial charge in [-0.05, 0) is 10.0 Å². The number of hydrogen-bond donors (Lipinski definition) is 0. The predicted octanol–water partition coefficient (Wildman–Crippen LogP) is -1.32. The van der Waals surface area contributed by atoms with Gasteiger partial charge in [0.1, 0.15) is 0 Å². The Hall–Kier alpha value is -3.06. The molecule has 0 aromatic heterocycles. The molecule has 0 aromatic carbocycles. The molecular formula is C3H2N6O8. The monoisotopic (exact) mass is 250 g/mol. The summed E-state index contributed by atoms with van der Waals surface area (Å²) in [5.74, 6) is 0. The third-order valence-corrected chi connectivity index (χ3v) is 1.63. The van der Waals surface area contributed by atoms with E-state index < -0.39 is 48.9 Å². The second-order valence-electron chi connectivity index (χ2n) is 2.53. The van der Waals surface area contributed by atoms with Crippen LogP contribution in [0.3, 0.4) is 0 Å². The molecular weight excluding hydrogens is 248 g/mol. The van der Waals surface area contributed by atoms with Gasteiger partial charge in [0.05, 0.1) is 5.01 Å². The lowest BCUT2D eigenvalue weighted by Crippen LogP contribution is -2.64. The van der Waals surface area contributed by atoms with Crippen molar-refractivity contribution in [1.29, 1.82) is 0 Å². The van der Waals surface area contributed by atoms with Gasteiger partial charge in [0.2, 0.25) is 6.67 Å². The number of urea groups is 2. The van der Waals surface area contributed by atoms with E-state index in [1.807, 2.05) is 0 Å². The Kier molecular flexibility index (Phi) is 2.71. The highest BCUT2D eigenvalue weighted by Gasteiger charge is 2.55. The van der Waals surface area contributed by atoms with E-state index in [1.54, 1.807) is 0 Å². The normalized spacial score (nSPS) is 16.1. The number of rotatable bonds is 3. The Morgan fingerprint density at radius 1 is 0.824 bits per heavy atom. The number of hydrogen-bond acceptors (Lipinski definition) is 8. The second-order valence-corrected chi connectivity index (χ2v) is 2.53. The number of carbonyl (C=O) groups is 2. The minimum Gasteiger partial charge on any atom is -0.236 e. The fraction of sp³-hybridized carbons (Fsp3) is 0.333. The summed E-state index contributed by atoms with van der Waals surface area (Å²) in [5, 5.41) is 24.8. The summed E-state index contributed by atoms with van der Waals surface area (Å²) in [6.45, 7) is -1.32. The maximum absolute atomic E-state index is 11.1. The van der Waals surface area contributed by atoms with Gasteiger partial charge >= 0.3 is 12.1 Å². The van der Waals surface area contributed by atoms with Crippen molar-refractivity contribution >= 4 is 12.1 Å². The maximum atomic E-state index is 11.1. The quantitative estimate of drug-likeness (QED) is 0.437. The highest BCUT2D eigenvalue weighted by atomic mass is 16.7. The van der Waals surface area contributed by atoms with Gasteiger partial charge in [-0.15, -0.1) is 0 Å². The average Bonchev–Trinajstić information content (AvgIpc) is 2.15. The molecule has 14 nitrogen and oxygen atoms in total. The molecule has 1 aliphatic heterocycles. The summed E-state index contributed by atoms with van der Waals surface area (Å²) >= 11 is 0. The molecule has 1 heterocycles. The van der Waals surface area contributed by atoms with Crippen LogP contribution < -0.4 is 0 Å². The van der Waals surface area contributed by atoms with Gasteiger partial charge in [-0.3, -0.25) is 0 Å². The number of hydrazine groups is 3. The third-order valence-electron chi connectivity index (χ3n) is 1.63. The van der Waals surface area contributed by atoms with Crippen molar-refractivity contribution in [2.24, 2.45) is 0 Å². The lowest BCUT2D eigenvalue weighted by Gasteiger charge is -2.23. The van der Waals surface area contributed by atoms with Crippen molar-refractivity contribution in [3.05, 3.63) is 30.3 Å². The molecule has 0 bridgehead atoms. The molecule has 4 amide bonds. The van der Waals surface area contributed by atoms with E-state index in [2.05, 4.69) is 0 Å². The summed E-state index contributed by atoms with van der Waals surface area (Å²) in [6, 6.07) is -3.77. The van der Waals surface area contributed by atoms with Gasteiger partial charge < -0.3 is 0 Å². The fourth-order valence-electron chi connectivity index (χ4n) is 0.931.